The summed E-state index contributed by atoms with van der Waals surface area (Å²) in [6, 6.07) is 10.6. The maximum atomic E-state index is 10.6. The Hall–Kier alpha value is -0.570. The maximum Gasteiger partial charge on any atom is 0.0737 e. The van der Waals surface area contributed by atoms with Crippen LogP contribution in [0.1, 0.15) is 43.6 Å². The number of hydrogen-bond donors (Lipinski definition) is 1. The molecule has 2 rings (SSSR count). The molecule has 1 saturated carbocycles. The summed E-state index contributed by atoms with van der Waals surface area (Å²) in [5.74, 6) is 0.940. The average molecular weight is 298 g/mol. The molecule has 0 heterocycles. The zero-order chi connectivity index (χ0) is 13.7. The van der Waals surface area contributed by atoms with E-state index < -0.39 is 0 Å². The van der Waals surface area contributed by atoms with E-state index in [0.717, 1.165) is 6.54 Å². The van der Waals surface area contributed by atoms with Gasteiger partial charge in [-0.05, 0) is 38.4 Å². The van der Waals surface area contributed by atoms with E-state index in [0.29, 0.717) is 11.8 Å². The van der Waals surface area contributed by atoms with Gasteiger partial charge in [0.2, 0.25) is 0 Å². The van der Waals surface area contributed by atoms with Crippen molar-refractivity contribution in [3.63, 3.8) is 0 Å². The molecular weight excluding hydrogens is 270 g/mol. The van der Waals surface area contributed by atoms with Crippen molar-refractivity contribution in [3.8, 4) is 0 Å². The minimum atomic E-state index is -0.263. The Morgan fingerprint density at radius 2 is 1.70 bits per heavy atom. The van der Waals surface area contributed by atoms with Crippen LogP contribution in [0.4, 0.5) is 0 Å². The van der Waals surface area contributed by atoms with Gasteiger partial charge in [0.15, 0.2) is 0 Å². The van der Waals surface area contributed by atoms with E-state index in [1.807, 2.05) is 14.1 Å². The molecule has 0 aliphatic heterocycles. The molecule has 0 saturated heterocycles. The molecule has 0 radical (unpaired) electrons. The lowest BCUT2D eigenvalue weighted by atomic mass is 9.74. The fourth-order valence-electron chi connectivity index (χ4n) is 3.46. The Kier molecular flexibility index (Phi) is 7.57. The van der Waals surface area contributed by atoms with Gasteiger partial charge in [-0.1, -0.05) is 49.6 Å². The highest BCUT2D eigenvalue weighted by atomic mass is 35.5. The zero-order valence-corrected chi connectivity index (χ0v) is 13.5. The van der Waals surface area contributed by atoms with Gasteiger partial charge in [0.05, 0.1) is 6.10 Å². The van der Waals surface area contributed by atoms with Crippen LogP contribution in [0.25, 0.3) is 0 Å². The highest BCUT2D eigenvalue weighted by Crippen LogP contribution is 2.38. The van der Waals surface area contributed by atoms with Crippen molar-refractivity contribution in [2.24, 2.45) is 5.92 Å². The fourth-order valence-corrected chi connectivity index (χ4v) is 3.46. The first kappa shape index (κ1) is 17.5. The third kappa shape index (κ3) is 4.76. The van der Waals surface area contributed by atoms with Crippen molar-refractivity contribution in [2.45, 2.75) is 44.1 Å². The number of rotatable bonds is 5. The van der Waals surface area contributed by atoms with E-state index in [2.05, 4.69) is 35.2 Å². The summed E-state index contributed by atoms with van der Waals surface area (Å²) in [7, 11) is 4.07. The van der Waals surface area contributed by atoms with Gasteiger partial charge in [-0.15, -0.1) is 12.4 Å². The minimum Gasteiger partial charge on any atom is -0.391 e. The van der Waals surface area contributed by atoms with E-state index in [9.17, 15) is 5.11 Å². The van der Waals surface area contributed by atoms with E-state index in [-0.39, 0.29) is 18.5 Å². The highest BCUT2D eigenvalue weighted by Gasteiger charge is 2.30. The predicted octanol–water partition coefficient (Wildman–Crippen LogP) is 3.69. The van der Waals surface area contributed by atoms with E-state index in [1.165, 1.54) is 37.7 Å². The third-order valence-corrected chi connectivity index (χ3v) is 4.31. The molecule has 114 valence electrons. The smallest absolute Gasteiger partial charge is 0.0737 e. The summed E-state index contributed by atoms with van der Waals surface area (Å²) in [5, 5.41) is 10.6. The van der Waals surface area contributed by atoms with Crippen molar-refractivity contribution in [1.29, 1.82) is 0 Å². The van der Waals surface area contributed by atoms with Gasteiger partial charge in [-0.3, -0.25) is 0 Å². The largest absolute Gasteiger partial charge is 0.391 e. The Morgan fingerprint density at radius 3 is 2.25 bits per heavy atom. The van der Waals surface area contributed by atoms with Crippen molar-refractivity contribution < 1.29 is 5.11 Å². The van der Waals surface area contributed by atoms with Crippen molar-refractivity contribution in [2.75, 3.05) is 20.6 Å². The van der Waals surface area contributed by atoms with Gasteiger partial charge in [0, 0.05) is 12.5 Å². The third-order valence-electron chi connectivity index (χ3n) is 4.31. The van der Waals surface area contributed by atoms with Crippen LogP contribution < -0.4 is 0 Å². The molecule has 1 N–H and O–H groups in total. The second-order valence-electron chi connectivity index (χ2n) is 6.16. The van der Waals surface area contributed by atoms with Crippen LogP contribution in [0.2, 0.25) is 0 Å². The lowest BCUT2D eigenvalue weighted by Gasteiger charge is -2.35. The monoisotopic (exact) mass is 297 g/mol. The second kappa shape index (κ2) is 8.66. The topological polar surface area (TPSA) is 23.5 Å². The molecule has 0 aromatic heterocycles. The van der Waals surface area contributed by atoms with Crippen LogP contribution in [0.5, 0.6) is 0 Å². The number of halogens is 1. The molecule has 0 bridgehead atoms. The molecule has 1 aromatic rings. The van der Waals surface area contributed by atoms with Crippen molar-refractivity contribution in [3.05, 3.63) is 35.9 Å². The first-order valence-electron chi connectivity index (χ1n) is 7.56. The quantitative estimate of drug-likeness (QED) is 0.896. The molecular formula is C17H28ClNO. The van der Waals surface area contributed by atoms with E-state index >= 15 is 0 Å². The minimum absolute atomic E-state index is 0. The predicted molar refractivity (Wildman–Crippen MR) is 87.6 cm³/mol. The van der Waals surface area contributed by atoms with Gasteiger partial charge in [0.25, 0.3) is 0 Å². The summed E-state index contributed by atoms with van der Waals surface area (Å²) < 4.78 is 0. The van der Waals surface area contributed by atoms with Crippen LogP contribution in [-0.4, -0.2) is 36.8 Å². The lowest BCUT2D eigenvalue weighted by molar-refractivity contribution is 0.0766. The molecule has 1 aromatic carbocycles. The molecule has 2 nitrogen and oxygen atoms in total. The van der Waals surface area contributed by atoms with Gasteiger partial charge < -0.3 is 10.0 Å². The highest BCUT2D eigenvalue weighted by molar-refractivity contribution is 5.85. The average Bonchev–Trinajstić information content (AvgIpc) is 2.40. The Bertz CT molecular complexity index is 363. The molecule has 20 heavy (non-hydrogen) atoms. The molecule has 0 amide bonds. The lowest BCUT2D eigenvalue weighted by Crippen LogP contribution is -2.35. The number of benzene rings is 1. The second-order valence-corrected chi connectivity index (χ2v) is 6.16. The number of nitrogens with zero attached hydrogens (tertiary/aromatic N) is 1. The summed E-state index contributed by atoms with van der Waals surface area (Å²) in [6.07, 6.45) is 6.28. The van der Waals surface area contributed by atoms with Crippen molar-refractivity contribution in [1.82, 2.24) is 4.90 Å². The zero-order valence-electron chi connectivity index (χ0n) is 12.7. The summed E-state index contributed by atoms with van der Waals surface area (Å²) in [4.78, 5) is 2.09. The summed E-state index contributed by atoms with van der Waals surface area (Å²) in [5.41, 5.74) is 1.31. The van der Waals surface area contributed by atoms with Gasteiger partial charge in [0.1, 0.15) is 0 Å². The molecule has 0 spiro atoms. The molecule has 1 aliphatic rings. The standard InChI is InChI=1S/C17H27NO.ClH/c1-18(2)13-16(19)17(14-9-5-3-6-10-14)15-11-7-4-8-12-15;/h3,5-6,9-10,15-17,19H,4,7-8,11-13H2,1-2H3;1H. The summed E-state index contributed by atoms with van der Waals surface area (Å²) in [6.45, 7) is 0.746. The summed E-state index contributed by atoms with van der Waals surface area (Å²) >= 11 is 0. The SMILES string of the molecule is CN(C)CC(O)C(c1ccccc1)C1CCCCC1.Cl. The number of likely N-dealkylation sites (N-methyl/N-ethyl adjacent to an activating group) is 1. The number of hydrogen-bond acceptors (Lipinski definition) is 2. The first-order valence-corrected chi connectivity index (χ1v) is 7.56. The van der Waals surface area contributed by atoms with Crippen LogP contribution >= 0.6 is 12.4 Å². The van der Waals surface area contributed by atoms with Gasteiger partial charge in [-0.2, -0.15) is 0 Å². The Balaban J connectivity index is 0.00000200. The number of aliphatic hydroxyl groups is 1. The maximum absolute atomic E-state index is 10.6. The first-order chi connectivity index (χ1) is 9.18. The van der Waals surface area contributed by atoms with Gasteiger partial charge in [-0.25, -0.2) is 0 Å². The molecule has 1 aliphatic carbocycles. The van der Waals surface area contributed by atoms with E-state index in [4.69, 9.17) is 0 Å². The van der Waals surface area contributed by atoms with Crippen LogP contribution in [0.3, 0.4) is 0 Å². The normalized spacial score (nSPS) is 19.4. The van der Waals surface area contributed by atoms with Crippen LogP contribution in [-0.2, 0) is 0 Å². The van der Waals surface area contributed by atoms with Crippen LogP contribution in [0, 0.1) is 5.92 Å². The van der Waals surface area contributed by atoms with E-state index in [1.54, 1.807) is 0 Å². The molecule has 2 atom stereocenters. The molecule has 1 fully saturated rings. The molecule has 3 heteroatoms. The molecule has 2 unspecified atom stereocenters. The van der Waals surface area contributed by atoms with Gasteiger partial charge >= 0.3 is 0 Å². The Labute approximate surface area is 129 Å². The van der Waals surface area contributed by atoms with Crippen molar-refractivity contribution >= 4 is 12.4 Å². The number of aliphatic hydroxyl groups excluding tert-OH is 1. The van der Waals surface area contributed by atoms with Crippen LogP contribution in [0.15, 0.2) is 30.3 Å². The fraction of sp³-hybridized carbons (Fsp3) is 0.647. The Morgan fingerprint density at radius 1 is 1.10 bits per heavy atom.